The predicted octanol–water partition coefficient (Wildman–Crippen LogP) is 2.15. The second-order valence-corrected chi connectivity index (χ2v) is 3.89. The fourth-order valence-corrected chi connectivity index (χ4v) is 1.34. The fraction of sp³-hybridized carbons (Fsp3) is 0.545. The molecule has 0 spiro atoms. The van der Waals surface area contributed by atoms with Gasteiger partial charge in [0.05, 0.1) is 18.2 Å². The first-order valence-corrected chi connectivity index (χ1v) is 5.54. The van der Waals surface area contributed by atoms with E-state index < -0.39 is 0 Å². The van der Waals surface area contributed by atoms with Crippen molar-refractivity contribution < 1.29 is 4.74 Å². The second-order valence-electron chi connectivity index (χ2n) is 3.62. The summed E-state index contributed by atoms with van der Waals surface area (Å²) in [7, 11) is 4.11. The minimum absolute atomic E-state index is 0.425. The highest BCUT2D eigenvalue weighted by molar-refractivity contribution is 6.16. The van der Waals surface area contributed by atoms with Crippen LogP contribution in [-0.2, 0) is 5.88 Å². The fourth-order valence-electron chi connectivity index (χ4n) is 1.19. The molecule has 1 heterocycles. The zero-order valence-corrected chi connectivity index (χ0v) is 10.00. The minimum atomic E-state index is 0.425. The van der Waals surface area contributed by atoms with Crippen molar-refractivity contribution in [3.63, 3.8) is 0 Å². The molecule has 84 valence electrons. The summed E-state index contributed by atoms with van der Waals surface area (Å²) in [5, 5.41) is 0. The van der Waals surface area contributed by atoms with E-state index in [9.17, 15) is 0 Å². The van der Waals surface area contributed by atoms with Crippen LogP contribution in [0.3, 0.4) is 0 Å². The van der Waals surface area contributed by atoms with E-state index in [0.717, 1.165) is 31.0 Å². The lowest BCUT2D eigenvalue weighted by Crippen LogP contribution is -2.15. The Hall–Kier alpha value is -0.800. The first-order valence-electron chi connectivity index (χ1n) is 5.01. The molecule has 1 rings (SSSR count). The van der Waals surface area contributed by atoms with Gasteiger partial charge < -0.3 is 9.64 Å². The summed E-state index contributed by atoms with van der Waals surface area (Å²) in [6.07, 6.45) is 2.74. The van der Waals surface area contributed by atoms with Gasteiger partial charge in [-0.25, -0.2) is 0 Å². The van der Waals surface area contributed by atoms with E-state index in [4.69, 9.17) is 16.3 Å². The highest BCUT2D eigenvalue weighted by Crippen LogP contribution is 2.12. The second kappa shape index (κ2) is 6.64. The molecule has 0 saturated heterocycles. The lowest BCUT2D eigenvalue weighted by Gasteiger charge is -2.10. The molecule has 0 N–H and O–H groups in total. The van der Waals surface area contributed by atoms with Crippen LogP contribution in [0.5, 0.6) is 5.75 Å². The normalized spacial score (nSPS) is 10.7. The van der Waals surface area contributed by atoms with Gasteiger partial charge in [0.25, 0.3) is 0 Å². The molecule has 1 aromatic rings. The Morgan fingerprint density at radius 2 is 2.27 bits per heavy atom. The van der Waals surface area contributed by atoms with Gasteiger partial charge >= 0.3 is 0 Å². The molecule has 3 nitrogen and oxygen atoms in total. The molecule has 0 radical (unpaired) electrons. The van der Waals surface area contributed by atoms with Crippen LogP contribution in [-0.4, -0.2) is 37.1 Å². The number of alkyl halides is 1. The molecule has 0 fully saturated rings. The number of hydrogen-bond donors (Lipinski definition) is 0. The van der Waals surface area contributed by atoms with E-state index in [1.165, 1.54) is 0 Å². The van der Waals surface area contributed by atoms with E-state index in [-0.39, 0.29) is 0 Å². The van der Waals surface area contributed by atoms with E-state index in [1.54, 1.807) is 6.20 Å². The van der Waals surface area contributed by atoms with Crippen LogP contribution < -0.4 is 4.74 Å². The third-order valence-electron chi connectivity index (χ3n) is 1.94. The van der Waals surface area contributed by atoms with Crippen LogP contribution in [0.4, 0.5) is 0 Å². The standard InChI is InChI=1S/C11H17ClN2O/c1-14(2)6-3-7-15-11-4-5-13-10(8-11)9-12/h4-5,8H,3,6-7,9H2,1-2H3. The molecule has 0 saturated carbocycles. The lowest BCUT2D eigenvalue weighted by atomic mass is 10.3. The van der Waals surface area contributed by atoms with Gasteiger partial charge in [-0.05, 0) is 26.6 Å². The molecule has 0 atom stereocenters. The summed E-state index contributed by atoms with van der Waals surface area (Å²) in [5.74, 6) is 1.27. The largest absolute Gasteiger partial charge is 0.493 e. The van der Waals surface area contributed by atoms with Crippen molar-refractivity contribution in [1.29, 1.82) is 0 Å². The van der Waals surface area contributed by atoms with Gasteiger partial charge in [-0.15, -0.1) is 11.6 Å². The molecule has 0 aliphatic heterocycles. The van der Waals surface area contributed by atoms with Crippen LogP contribution in [0, 0.1) is 0 Å². The van der Waals surface area contributed by atoms with E-state index in [1.807, 2.05) is 12.1 Å². The van der Waals surface area contributed by atoms with Crippen molar-refractivity contribution in [2.75, 3.05) is 27.2 Å². The number of pyridine rings is 1. The van der Waals surface area contributed by atoms with Gasteiger partial charge in [0, 0.05) is 18.8 Å². The van der Waals surface area contributed by atoms with Crippen LogP contribution in [0.15, 0.2) is 18.3 Å². The van der Waals surface area contributed by atoms with Crippen molar-refractivity contribution in [1.82, 2.24) is 9.88 Å². The van der Waals surface area contributed by atoms with Gasteiger partial charge in [-0.2, -0.15) is 0 Å². The Bertz CT molecular complexity index is 292. The van der Waals surface area contributed by atoms with Crippen LogP contribution >= 0.6 is 11.6 Å². The average molecular weight is 229 g/mol. The number of nitrogens with zero attached hydrogens (tertiary/aromatic N) is 2. The number of halogens is 1. The van der Waals surface area contributed by atoms with Crippen LogP contribution in [0.1, 0.15) is 12.1 Å². The van der Waals surface area contributed by atoms with Gasteiger partial charge in [0.15, 0.2) is 0 Å². The van der Waals surface area contributed by atoms with Crippen molar-refractivity contribution in [3.05, 3.63) is 24.0 Å². The Balaban J connectivity index is 2.30. The third-order valence-corrected chi connectivity index (χ3v) is 2.22. The zero-order chi connectivity index (χ0) is 11.1. The molecule has 0 aliphatic rings. The van der Waals surface area contributed by atoms with Gasteiger partial charge in [-0.1, -0.05) is 0 Å². The molecule has 4 heteroatoms. The summed E-state index contributed by atoms with van der Waals surface area (Å²) >= 11 is 5.68. The van der Waals surface area contributed by atoms with Gasteiger partial charge in [0.1, 0.15) is 5.75 Å². The van der Waals surface area contributed by atoms with Crippen LogP contribution in [0.25, 0.3) is 0 Å². The van der Waals surface area contributed by atoms with Crippen molar-refractivity contribution in [2.24, 2.45) is 0 Å². The molecular formula is C11H17ClN2O. The summed E-state index contributed by atoms with van der Waals surface area (Å²) in [6.45, 7) is 1.76. The molecule has 0 aliphatic carbocycles. The van der Waals surface area contributed by atoms with Gasteiger partial charge in [0.2, 0.25) is 0 Å². The number of rotatable bonds is 6. The van der Waals surface area contributed by atoms with Crippen molar-refractivity contribution >= 4 is 11.6 Å². The Kier molecular flexibility index (Phi) is 5.43. The number of hydrogen-bond acceptors (Lipinski definition) is 3. The predicted molar refractivity (Wildman–Crippen MR) is 62.5 cm³/mol. The highest BCUT2D eigenvalue weighted by atomic mass is 35.5. The summed E-state index contributed by atoms with van der Waals surface area (Å²) in [4.78, 5) is 6.23. The number of aromatic nitrogens is 1. The van der Waals surface area contributed by atoms with Crippen molar-refractivity contribution in [3.8, 4) is 5.75 Å². The summed E-state index contributed by atoms with van der Waals surface area (Å²) in [5.41, 5.74) is 0.849. The maximum absolute atomic E-state index is 5.68. The summed E-state index contributed by atoms with van der Waals surface area (Å²) < 4.78 is 5.57. The Morgan fingerprint density at radius 3 is 2.93 bits per heavy atom. The van der Waals surface area contributed by atoms with Crippen LogP contribution in [0.2, 0.25) is 0 Å². The Labute approximate surface area is 96.0 Å². The maximum atomic E-state index is 5.68. The molecule has 0 aromatic carbocycles. The lowest BCUT2D eigenvalue weighted by molar-refractivity contribution is 0.281. The van der Waals surface area contributed by atoms with Crippen molar-refractivity contribution in [2.45, 2.75) is 12.3 Å². The molecule has 0 unspecified atom stereocenters. The Morgan fingerprint density at radius 1 is 1.47 bits per heavy atom. The zero-order valence-electron chi connectivity index (χ0n) is 9.24. The van der Waals surface area contributed by atoms with E-state index in [0.29, 0.717) is 5.88 Å². The molecule has 0 bridgehead atoms. The number of ether oxygens (including phenoxy) is 1. The average Bonchev–Trinajstić information content (AvgIpc) is 2.24. The molecule has 0 amide bonds. The molecule has 1 aromatic heterocycles. The van der Waals surface area contributed by atoms with E-state index in [2.05, 4.69) is 24.0 Å². The first-order chi connectivity index (χ1) is 7.22. The SMILES string of the molecule is CN(C)CCCOc1ccnc(CCl)c1. The quantitative estimate of drug-likeness (QED) is 0.551. The smallest absolute Gasteiger partial charge is 0.122 e. The third kappa shape index (κ3) is 5.00. The minimum Gasteiger partial charge on any atom is -0.493 e. The monoisotopic (exact) mass is 228 g/mol. The maximum Gasteiger partial charge on any atom is 0.122 e. The first kappa shape index (κ1) is 12.3. The molecule has 15 heavy (non-hydrogen) atoms. The van der Waals surface area contributed by atoms with Gasteiger partial charge in [-0.3, -0.25) is 4.98 Å². The molecular weight excluding hydrogens is 212 g/mol. The summed E-state index contributed by atoms with van der Waals surface area (Å²) in [6, 6.07) is 3.73. The topological polar surface area (TPSA) is 25.4 Å². The highest BCUT2D eigenvalue weighted by Gasteiger charge is 1.97. The van der Waals surface area contributed by atoms with E-state index >= 15 is 0 Å².